The molecule has 0 radical (unpaired) electrons. The number of hydrogen-bond acceptors (Lipinski definition) is 4. The van der Waals surface area contributed by atoms with Crippen LogP contribution in [0.15, 0.2) is 6.07 Å². The fourth-order valence-corrected chi connectivity index (χ4v) is 1.65. The molecule has 0 atom stereocenters. The van der Waals surface area contributed by atoms with Crippen molar-refractivity contribution >= 4 is 11.7 Å². The van der Waals surface area contributed by atoms with Crippen molar-refractivity contribution in [1.29, 1.82) is 0 Å². The maximum absolute atomic E-state index is 11.6. The van der Waals surface area contributed by atoms with E-state index in [1.165, 1.54) is 0 Å². The first-order valence-electron chi connectivity index (χ1n) is 7.24. The molecule has 1 aromatic rings. The van der Waals surface area contributed by atoms with Crippen LogP contribution in [0.1, 0.15) is 51.6 Å². The van der Waals surface area contributed by atoms with Crippen LogP contribution >= 0.6 is 0 Å². The van der Waals surface area contributed by atoms with Gasteiger partial charge in [0.05, 0.1) is 0 Å². The van der Waals surface area contributed by atoms with E-state index >= 15 is 0 Å². The monoisotopic (exact) mass is 278 g/mol. The van der Waals surface area contributed by atoms with Gasteiger partial charge in [-0.1, -0.05) is 27.7 Å². The van der Waals surface area contributed by atoms with Gasteiger partial charge in [-0.3, -0.25) is 4.79 Å². The van der Waals surface area contributed by atoms with Crippen molar-refractivity contribution < 1.29 is 4.79 Å². The van der Waals surface area contributed by atoms with Crippen LogP contribution in [0.2, 0.25) is 0 Å². The number of nitrogens with one attached hydrogen (secondary N) is 2. The molecular formula is C15H26N4O. The number of amides is 1. The summed E-state index contributed by atoms with van der Waals surface area (Å²) in [6.45, 7) is 11.6. The van der Waals surface area contributed by atoms with E-state index in [1.807, 2.05) is 13.0 Å². The molecule has 0 bridgehead atoms. The van der Waals surface area contributed by atoms with Crippen molar-refractivity contribution in [1.82, 2.24) is 15.3 Å². The van der Waals surface area contributed by atoms with Crippen molar-refractivity contribution in [3.8, 4) is 0 Å². The molecule has 0 unspecified atom stereocenters. The highest BCUT2D eigenvalue weighted by atomic mass is 16.1. The second kappa shape index (κ2) is 7.82. The second-order valence-corrected chi connectivity index (χ2v) is 5.78. The molecule has 0 saturated carbocycles. The molecule has 5 heteroatoms. The number of anilines is 1. The molecular weight excluding hydrogens is 252 g/mol. The Morgan fingerprint density at radius 3 is 2.55 bits per heavy atom. The van der Waals surface area contributed by atoms with E-state index in [0.29, 0.717) is 24.8 Å². The lowest BCUT2D eigenvalue weighted by Crippen LogP contribution is -2.28. The molecule has 112 valence electrons. The summed E-state index contributed by atoms with van der Waals surface area (Å²) in [5.41, 5.74) is 0.940. The summed E-state index contributed by atoms with van der Waals surface area (Å²) < 4.78 is 0. The van der Waals surface area contributed by atoms with Gasteiger partial charge in [-0.15, -0.1) is 0 Å². The van der Waals surface area contributed by atoms with Gasteiger partial charge in [-0.25, -0.2) is 9.97 Å². The summed E-state index contributed by atoms with van der Waals surface area (Å²) in [6, 6.07) is 1.90. The van der Waals surface area contributed by atoms with Gasteiger partial charge in [0.15, 0.2) is 0 Å². The Morgan fingerprint density at radius 1 is 1.25 bits per heavy atom. The van der Waals surface area contributed by atoms with Gasteiger partial charge in [0.2, 0.25) is 5.91 Å². The number of carbonyl (C=O) groups excluding carboxylic acids is 1. The van der Waals surface area contributed by atoms with Gasteiger partial charge in [0, 0.05) is 37.2 Å². The lowest BCUT2D eigenvalue weighted by molar-refractivity contribution is -0.120. The van der Waals surface area contributed by atoms with Crippen molar-refractivity contribution in [2.24, 2.45) is 5.92 Å². The van der Waals surface area contributed by atoms with Crippen LogP contribution in [0.3, 0.4) is 0 Å². The van der Waals surface area contributed by atoms with E-state index in [0.717, 1.165) is 23.9 Å². The lowest BCUT2D eigenvalue weighted by atomic mass is 10.2. The van der Waals surface area contributed by atoms with E-state index in [9.17, 15) is 4.79 Å². The minimum absolute atomic E-state index is 0.0704. The zero-order valence-corrected chi connectivity index (χ0v) is 13.2. The molecule has 0 saturated heterocycles. The van der Waals surface area contributed by atoms with Crippen LogP contribution in [-0.2, 0) is 4.79 Å². The molecule has 2 N–H and O–H groups in total. The lowest BCUT2D eigenvalue weighted by Gasteiger charge is -2.11. The Kier molecular flexibility index (Phi) is 6.42. The molecule has 20 heavy (non-hydrogen) atoms. The van der Waals surface area contributed by atoms with Crippen molar-refractivity contribution in [2.45, 2.75) is 47.0 Å². The maximum Gasteiger partial charge on any atom is 0.221 e. The van der Waals surface area contributed by atoms with Crippen LogP contribution in [0.5, 0.6) is 0 Å². The predicted octanol–water partition coefficient (Wildman–Crippen LogP) is 2.48. The highest BCUT2D eigenvalue weighted by molar-refractivity contribution is 5.76. The smallest absolute Gasteiger partial charge is 0.221 e. The number of rotatable bonds is 7. The third-order valence-electron chi connectivity index (χ3n) is 2.75. The van der Waals surface area contributed by atoms with E-state index < -0.39 is 0 Å². The number of carbonyl (C=O) groups is 1. The first-order valence-corrected chi connectivity index (χ1v) is 7.24. The fraction of sp³-hybridized carbons (Fsp3) is 0.667. The van der Waals surface area contributed by atoms with Gasteiger partial charge in [-0.05, 0) is 12.8 Å². The molecule has 1 aromatic heterocycles. The molecule has 0 fully saturated rings. The Labute approximate surface area is 121 Å². The van der Waals surface area contributed by atoms with Crippen LogP contribution in [-0.4, -0.2) is 29.0 Å². The zero-order valence-electron chi connectivity index (χ0n) is 13.2. The van der Waals surface area contributed by atoms with Gasteiger partial charge in [0.1, 0.15) is 11.6 Å². The Balaban J connectivity index is 2.44. The van der Waals surface area contributed by atoms with Gasteiger partial charge in [-0.2, -0.15) is 0 Å². The number of nitrogens with zero attached hydrogens (tertiary/aromatic N) is 2. The van der Waals surface area contributed by atoms with Crippen LogP contribution in [0.25, 0.3) is 0 Å². The Bertz CT molecular complexity index is 443. The van der Waals surface area contributed by atoms with Crippen LogP contribution in [0, 0.1) is 12.8 Å². The quantitative estimate of drug-likeness (QED) is 0.804. The molecule has 0 aromatic carbocycles. The van der Waals surface area contributed by atoms with E-state index in [4.69, 9.17) is 0 Å². The number of aromatic nitrogens is 2. The van der Waals surface area contributed by atoms with E-state index in [-0.39, 0.29) is 5.91 Å². The fourth-order valence-electron chi connectivity index (χ4n) is 1.65. The first kappa shape index (κ1) is 16.4. The van der Waals surface area contributed by atoms with E-state index in [1.54, 1.807) is 0 Å². The summed E-state index contributed by atoms with van der Waals surface area (Å²) in [5.74, 6) is 2.46. The predicted molar refractivity (Wildman–Crippen MR) is 81.8 cm³/mol. The summed E-state index contributed by atoms with van der Waals surface area (Å²) in [6.07, 6.45) is 0.451. The molecule has 1 rings (SSSR count). The van der Waals surface area contributed by atoms with Gasteiger partial charge in [0.25, 0.3) is 0 Å². The average Bonchev–Trinajstić information content (AvgIpc) is 2.35. The highest BCUT2D eigenvalue weighted by Gasteiger charge is 2.07. The van der Waals surface area contributed by atoms with Gasteiger partial charge < -0.3 is 10.6 Å². The maximum atomic E-state index is 11.6. The Hall–Kier alpha value is -1.65. The topological polar surface area (TPSA) is 66.9 Å². The minimum atomic E-state index is 0.0704. The average molecular weight is 278 g/mol. The molecule has 1 amide bonds. The largest absolute Gasteiger partial charge is 0.369 e. The molecule has 0 aliphatic rings. The zero-order chi connectivity index (χ0) is 15.1. The van der Waals surface area contributed by atoms with Crippen molar-refractivity contribution in [2.75, 3.05) is 18.4 Å². The Morgan fingerprint density at radius 2 is 1.95 bits per heavy atom. The summed E-state index contributed by atoms with van der Waals surface area (Å²) in [5, 5.41) is 6.09. The molecule has 5 nitrogen and oxygen atoms in total. The van der Waals surface area contributed by atoms with Crippen molar-refractivity contribution in [3.63, 3.8) is 0 Å². The number of aryl methyl sites for hydroxylation is 1. The van der Waals surface area contributed by atoms with Crippen LogP contribution in [0.4, 0.5) is 5.82 Å². The summed E-state index contributed by atoms with van der Waals surface area (Å²) in [7, 11) is 0. The summed E-state index contributed by atoms with van der Waals surface area (Å²) >= 11 is 0. The van der Waals surface area contributed by atoms with Gasteiger partial charge >= 0.3 is 0 Å². The number of hydrogen-bond donors (Lipinski definition) is 2. The second-order valence-electron chi connectivity index (χ2n) is 5.78. The summed E-state index contributed by atoms with van der Waals surface area (Å²) in [4.78, 5) is 20.4. The minimum Gasteiger partial charge on any atom is -0.369 e. The SMILES string of the molecule is Cc1cc(NCCC(=O)NCC(C)C)nc(C(C)C)n1. The molecule has 0 aliphatic heterocycles. The standard InChI is InChI=1S/C15H26N4O/c1-10(2)9-17-14(20)6-7-16-13-8-12(5)18-15(19-13)11(3)4/h8,10-11H,6-7,9H2,1-5H3,(H,17,20)(H,16,18,19). The van der Waals surface area contributed by atoms with Crippen molar-refractivity contribution in [3.05, 3.63) is 17.6 Å². The highest BCUT2D eigenvalue weighted by Crippen LogP contribution is 2.13. The molecule has 1 heterocycles. The molecule has 0 aliphatic carbocycles. The van der Waals surface area contributed by atoms with E-state index in [2.05, 4.69) is 48.3 Å². The molecule has 0 spiro atoms. The van der Waals surface area contributed by atoms with Crippen LogP contribution < -0.4 is 10.6 Å². The third kappa shape index (κ3) is 5.99. The normalized spacial score (nSPS) is 10.9. The first-order chi connectivity index (χ1) is 9.38. The third-order valence-corrected chi connectivity index (χ3v) is 2.75.